The van der Waals surface area contributed by atoms with E-state index < -0.39 is 0 Å². The van der Waals surface area contributed by atoms with E-state index in [-0.39, 0.29) is 12.0 Å². The molecule has 0 radical (unpaired) electrons. The molecular weight excluding hydrogens is 314 g/mol. The maximum absolute atomic E-state index is 12.9. The number of nitrogens with zero attached hydrogens (tertiary/aromatic N) is 2. The molecule has 1 aliphatic carbocycles. The minimum atomic E-state index is -0.180. The number of benzene rings is 1. The zero-order valence-corrected chi connectivity index (χ0v) is 14.5. The Balaban J connectivity index is 1.51. The number of carbonyl (C=O) groups excluding carboxylic acids is 1. The molecule has 1 fully saturated rings. The summed E-state index contributed by atoms with van der Waals surface area (Å²) >= 11 is 0. The van der Waals surface area contributed by atoms with E-state index in [1.165, 1.54) is 17.5 Å². The van der Waals surface area contributed by atoms with Crippen molar-refractivity contribution in [2.45, 2.75) is 25.4 Å². The Morgan fingerprint density at radius 1 is 1.24 bits per heavy atom. The van der Waals surface area contributed by atoms with Gasteiger partial charge in [0.1, 0.15) is 11.9 Å². The molecule has 5 nitrogen and oxygen atoms in total. The van der Waals surface area contributed by atoms with Gasteiger partial charge in [0.25, 0.3) is 5.91 Å². The predicted octanol–water partition coefficient (Wildman–Crippen LogP) is 2.83. The number of rotatable bonds is 3. The van der Waals surface area contributed by atoms with Crippen molar-refractivity contribution in [3.63, 3.8) is 0 Å². The fraction of sp³-hybridized carbons (Fsp3) is 0.400. The van der Waals surface area contributed by atoms with Gasteiger partial charge in [-0.3, -0.25) is 4.79 Å². The van der Waals surface area contributed by atoms with E-state index >= 15 is 0 Å². The maximum Gasteiger partial charge on any atom is 0.254 e. The van der Waals surface area contributed by atoms with Gasteiger partial charge in [-0.05, 0) is 54.7 Å². The number of aromatic nitrogens is 1. The lowest BCUT2D eigenvalue weighted by molar-refractivity contribution is -0.0246. The van der Waals surface area contributed by atoms with Gasteiger partial charge in [0.05, 0.1) is 18.8 Å². The molecule has 1 aromatic heterocycles. The smallest absolute Gasteiger partial charge is 0.254 e. The predicted molar refractivity (Wildman–Crippen MR) is 96.8 cm³/mol. The number of morpholine rings is 1. The van der Waals surface area contributed by atoms with Crippen LogP contribution in [-0.2, 0) is 17.6 Å². The summed E-state index contributed by atoms with van der Waals surface area (Å²) in [5, 5.41) is 3.04. The second-order valence-electron chi connectivity index (χ2n) is 6.65. The highest BCUT2D eigenvalue weighted by atomic mass is 16.5. The highest BCUT2D eigenvalue weighted by Gasteiger charge is 2.27. The monoisotopic (exact) mass is 337 g/mol. The molecule has 1 amide bonds. The Hall–Kier alpha value is -2.40. The Morgan fingerprint density at radius 2 is 2.12 bits per heavy atom. The lowest BCUT2D eigenvalue weighted by atomic mass is 10.0. The molecule has 0 bridgehead atoms. The van der Waals surface area contributed by atoms with Crippen molar-refractivity contribution >= 4 is 11.7 Å². The molecule has 4 rings (SSSR count). The van der Waals surface area contributed by atoms with E-state index in [2.05, 4.69) is 22.4 Å². The third-order valence-corrected chi connectivity index (χ3v) is 5.06. The standard InChI is InChI=1S/C20H23N3O2/c1-21-19-7-3-6-17(22-19)18-13-23(10-11-25-18)20(24)16-9-8-14-4-2-5-15(14)12-16/h3,6-9,12,18H,2,4-5,10-11,13H2,1H3,(H,21,22)/t18-/m0/s1. The van der Waals surface area contributed by atoms with Gasteiger partial charge in [-0.15, -0.1) is 0 Å². The molecule has 2 aliphatic rings. The number of aryl methyl sites for hydroxylation is 2. The van der Waals surface area contributed by atoms with Crippen LogP contribution in [0.25, 0.3) is 0 Å². The zero-order chi connectivity index (χ0) is 17.2. The van der Waals surface area contributed by atoms with Crippen LogP contribution < -0.4 is 5.32 Å². The summed E-state index contributed by atoms with van der Waals surface area (Å²) in [5.74, 6) is 0.899. The van der Waals surface area contributed by atoms with Crippen LogP contribution in [0.5, 0.6) is 0 Å². The number of fused-ring (bicyclic) bond motifs is 1. The summed E-state index contributed by atoms with van der Waals surface area (Å²) in [6.45, 7) is 1.70. The summed E-state index contributed by atoms with van der Waals surface area (Å²) in [5.41, 5.74) is 4.38. The van der Waals surface area contributed by atoms with Gasteiger partial charge in [-0.25, -0.2) is 4.98 Å². The molecule has 130 valence electrons. The Labute approximate surface area is 148 Å². The van der Waals surface area contributed by atoms with Crippen LogP contribution in [0.2, 0.25) is 0 Å². The van der Waals surface area contributed by atoms with E-state index in [0.717, 1.165) is 29.9 Å². The van der Waals surface area contributed by atoms with Crippen LogP contribution in [0.15, 0.2) is 36.4 Å². The average molecular weight is 337 g/mol. The van der Waals surface area contributed by atoms with E-state index in [1.54, 1.807) is 0 Å². The number of amides is 1. The Bertz CT molecular complexity index is 790. The molecule has 0 saturated carbocycles. The molecule has 0 spiro atoms. The summed E-state index contributed by atoms with van der Waals surface area (Å²) in [7, 11) is 1.84. The van der Waals surface area contributed by atoms with Crippen LogP contribution >= 0.6 is 0 Å². The molecule has 1 atom stereocenters. The number of anilines is 1. The van der Waals surface area contributed by atoms with Crippen molar-refractivity contribution in [2.24, 2.45) is 0 Å². The number of nitrogens with one attached hydrogen (secondary N) is 1. The molecule has 0 unspecified atom stereocenters. The first-order chi connectivity index (χ1) is 12.2. The van der Waals surface area contributed by atoms with Crippen molar-refractivity contribution in [1.29, 1.82) is 0 Å². The highest BCUT2D eigenvalue weighted by molar-refractivity contribution is 5.94. The first-order valence-electron chi connectivity index (χ1n) is 8.92. The molecule has 25 heavy (non-hydrogen) atoms. The van der Waals surface area contributed by atoms with Crippen LogP contribution in [-0.4, -0.2) is 42.5 Å². The van der Waals surface area contributed by atoms with E-state index in [1.807, 2.05) is 36.2 Å². The van der Waals surface area contributed by atoms with Crippen molar-refractivity contribution in [3.8, 4) is 0 Å². The van der Waals surface area contributed by atoms with Crippen molar-refractivity contribution in [1.82, 2.24) is 9.88 Å². The lowest BCUT2D eigenvalue weighted by Crippen LogP contribution is -2.42. The maximum atomic E-state index is 12.9. The quantitative estimate of drug-likeness (QED) is 0.936. The number of ether oxygens (including phenoxy) is 1. The molecule has 2 heterocycles. The van der Waals surface area contributed by atoms with Crippen LogP contribution in [0.1, 0.15) is 39.7 Å². The summed E-state index contributed by atoms with van der Waals surface area (Å²) in [4.78, 5) is 19.4. The lowest BCUT2D eigenvalue weighted by Gasteiger charge is -2.33. The summed E-state index contributed by atoms with van der Waals surface area (Å²) in [6, 6.07) is 12.0. The SMILES string of the molecule is CNc1cccc([C@@H]2CN(C(=O)c3ccc4c(c3)CCC4)CCO2)n1. The molecule has 1 aliphatic heterocycles. The zero-order valence-electron chi connectivity index (χ0n) is 14.5. The van der Waals surface area contributed by atoms with Gasteiger partial charge < -0.3 is 15.0 Å². The molecule has 1 N–H and O–H groups in total. The van der Waals surface area contributed by atoms with Crippen LogP contribution in [0.3, 0.4) is 0 Å². The molecule has 2 aromatic rings. The second kappa shape index (κ2) is 6.84. The Kier molecular flexibility index (Phi) is 4.40. The Morgan fingerprint density at radius 3 is 3.00 bits per heavy atom. The van der Waals surface area contributed by atoms with Crippen LogP contribution in [0, 0.1) is 0 Å². The number of pyridine rings is 1. The fourth-order valence-corrected chi connectivity index (χ4v) is 3.67. The third kappa shape index (κ3) is 3.24. The van der Waals surface area contributed by atoms with Gasteiger partial charge in [-0.1, -0.05) is 12.1 Å². The van der Waals surface area contributed by atoms with Crippen LogP contribution in [0.4, 0.5) is 5.82 Å². The van der Waals surface area contributed by atoms with Crippen molar-refractivity contribution < 1.29 is 9.53 Å². The van der Waals surface area contributed by atoms with E-state index in [4.69, 9.17) is 4.74 Å². The normalized spacial score (nSPS) is 19.6. The minimum Gasteiger partial charge on any atom is -0.373 e. The number of hydrogen-bond donors (Lipinski definition) is 1. The number of hydrogen-bond acceptors (Lipinski definition) is 4. The first kappa shape index (κ1) is 16.1. The summed E-state index contributed by atoms with van der Waals surface area (Å²) < 4.78 is 5.87. The largest absolute Gasteiger partial charge is 0.373 e. The van der Waals surface area contributed by atoms with E-state index in [0.29, 0.717) is 19.7 Å². The van der Waals surface area contributed by atoms with Gasteiger partial charge in [0.2, 0.25) is 0 Å². The van der Waals surface area contributed by atoms with Crippen molar-refractivity contribution in [2.75, 3.05) is 32.1 Å². The first-order valence-corrected chi connectivity index (χ1v) is 8.92. The summed E-state index contributed by atoms with van der Waals surface area (Å²) in [6.07, 6.45) is 3.24. The molecule has 1 aromatic carbocycles. The van der Waals surface area contributed by atoms with Gasteiger partial charge in [0.15, 0.2) is 0 Å². The molecule has 5 heteroatoms. The third-order valence-electron chi connectivity index (χ3n) is 5.06. The van der Waals surface area contributed by atoms with Gasteiger partial charge in [-0.2, -0.15) is 0 Å². The average Bonchev–Trinajstić information content (AvgIpc) is 3.15. The molecule has 1 saturated heterocycles. The topological polar surface area (TPSA) is 54.5 Å². The van der Waals surface area contributed by atoms with Gasteiger partial charge in [0, 0.05) is 19.2 Å². The van der Waals surface area contributed by atoms with Gasteiger partial charge >= 0.3 is 0 Å². The van der Waals surface area contributed by atoms with E-state index in [9.17, 15) is 4.79 Å². The molecular formula is C20H23N3O2. The fourth-order valence-electron chi connectivity index (χ4n) is 3.67. The number of carbonyl (C=O) groups is 1. The minimum absolute atomic E-state index is 0.0905. The second-order valence-corrected chi connectivity index (χ2v) is 6.65. The highest BCUT2D eigenvalue weighted by Crippen LogP contribution is 2.26. The van der Waals surface area contributed by atoms with Crippen molar-refractivity contribution in [3.05, 3.63) is 58.8 Å².